The second-order valence-electron chi connectivity index (χ2n) is 7.81. The van der Waals surface area contributed by atoms with Crippen molar-refractivity contribution in [2.24, 2.45) is 5.92 Å². The molecule has 0 radical (unpaired) electrons. The standard InChI is InChI=1S/C20H27N5OS/c1-13(2)7-16-12-27-20-18(16)19(22-15(4)23-20)24-5-6-26-17(10-24)11-25-9-14(3)8-21-25/h8-9,12-13,17H,5-7,10-11H2,1-4H3. The lowest BCUT2D eigenvalue weighted by Gasteiger charge is -2.34. The summed E-state index contributed by atoms with van der Waals surface area (Å²) in [6, 6.07) is 0. The summed E-state index contributed by atoms with van der Waals surface area (Å²) < 4.78 is 7.99. The summed E-state index contributed by atoms with van der Waals surface area (Å²) in [6.45, 7) is 11.7. The van der Waals surface area contributed by atoms with Crippen LogP contribution in [0.15, 0.2) is 17.8 Å². The van der Waals surface area contributed by atoms with Crippen molar-refractivity contribution in [3.05, 3.63) is 34.7 Å². The highest BCUT2D eigenvalue weighted by molar-refractivity contribution is 7.17. The number of hydrogen-bond donors (Lipinski definition) is 0. The fourth-order valence-corrected chi connectivity index (χ4v) is 4.69. The van der Waals surface area contributed by atoms with Crippen molar-refractivity contribution in [3.8, 4) is 0 Å². The third kappa shape index (κ3) is 3.99. The average Bonchev–Trinajstić information content (AvgIpc) is 3.20. The molecule has 0 saturated carbocycles. The van der Waals surface area contributed by atoms with Gasteiger partial charge in [0.1, 0.15) is 16.5 Å². The fourth-order valence-electron chi connectivity index (χ4n) is 3.70. The smallest absolute Gasteiger partial charge is 0.141 e. The predicted molar refractivity (Wildman–Crippen MR) is 110 cm³/mol. The van der Waals surface area contributed by atoms with Gasteiger partial charge in [-0.2, -0.15) is 5.10 Å². The number of nitrogens with zero attached hydrogens (tertiary/aromatic N) is 5. The zero-order valence-electron chi connectivity index (χ0n) is 16.5. The highest BCUT2D eigenvalue weighted by Crippen LogP contribution is 2.34. The Morgan fingerprint density at radius 1 is 1.30 bits per heavy atom. The summed E-state index contributed by atoms with van der Waals surface area (Å²) in [5.41, 5.74) is 2.54. The van der Waals surface area contributed by atoms with Crippen LogP contribution in [0, 0.1) is 19.8 Å². The Balaban J connectivity index is 1.63. The quantitative estimate of drug-likeness (QED) is 0.672. The Labute approximate surface area is 164 Å². The molecule has 1 atom stereocenters. The minimum Gasteiger partial charge on any atom is -0.373 e. The molecule has 1 aliphatic rings. The SMILES string of the molecule is Cc1cnn(CC2CN(c3nc(C)nc4scc(CC(C)C)c34)CCO2)c1. The highest BCUT2D eigenvalue weighted by atomic mass is 32.1. The number of rotatable bonds is 5. The molecule has 0 aromatic carbocycles. The minimum absolute atomic E-state index is 0.107. The van der Waals surface area contributed by atoms with E-state index in [0.29, 0.717) is 12.5 Å². The van der Waals surface area contributed by atoms with Gasteiger partial charge < -0.3 is 9.64 Å². The van der Waals surface area contributed by atoms with E-state index in [1.807, 2.05) is 17.8 Å². The third-order valence-electron chi connectivity index (χ3n) is 4.82. The molecule has 27 heavy (non-hydrogen) atoms. The van der Waals surface area contributed by atoms with E-state index < -0.39 is 0 Å². The van der Waals surface area contributed by atoms with E-state index in [-0.39, 0.29) is 6.10 Å². The highest BCUT2D eigenvalue weighted by Gasteiger charge is 2.25. The maximum Gasteiger partial charge on any atom is 0.141 e. The van der Waals surface area contributed by atoms with Gasteiger partial charge in [0, 0.05) is 19.3 Å². The van der Waals surface area contributed by atoms with Gasteiger partial charge in [0.05, 0.1) is 30.8 Å². The average molecular weight is 386 g/mol. The molecule has 0 aliphatic carbocycles. The summed E-state index contributed by atoms with van der Waals surface area (Å²) in [6.07, 6.45) is 5.12. The first kappa shape index (κ1) is 18.4. The number of morpholine rings is 1. The van der Waals surface area contributed by atoms with Crippen LogP contribution < -0.4 is 4.90 Å². The molecule has 3 aromatic rings. The van der Waals surface area contributed by atoms with Gasteiger partial charge in [-0.1, -0.05) is 13.8 Å². The maximum atomic E-state index is 6.02. The molecule has 0 amide bonds. The number of aromatic nitrogens is 4. The Hall–Kier alpha value is -1.99. The molecule has 4 heterocycles. The molecule has 3 aromatic heterocycles. The summed E-state index contributed by atoms with van der Waals surface area (Å²) in [4.78, 5) is 13.0. The molecule has 1 saturated heterocycles. The second-order valence-corrected chi connectivity index (χ2v) is 8.67. The number of anilines is 1. The second kappa shape index (κ2) is 7.56. The molecule has 1 fully saturated rings. The summed E-state index contributed by atoms with van der Waals surface area (Å²) in [7, 11) is 0. The van der Waals surface area contributed by atoms with Crippen LogP contribution in [-0.2, 0) is 17.7 Å². The lowest BCUT2D eigenvalue weighted by atomic mass is 10.0. The van der Waals surface area contributed by atoms with E-state index in [4.69, 9.17) is 9.72 Å². The molecule has 4 rings (SSSR count). The maximum absolute atomic E-state index is 6.02. The topological polar surface area (TPSA) is 56.1 Å². The van der Waals surface area contributed by atoms with Gasteiger partial charge in [-0.25, -0.2) is 9.97 Å². The largest absolute Gasteiger partial charge is 0.373 e. The van der Waals surface area contributed by atoms with Gasteiger partial charge in [-0.05, 0) is 42.7 Å². The van der Waals surface area contributed by atoms with Crippen molar-refractivity contribution >= 4 is 27.4 Å². The molecule has 7 heteroatoms. The van der Waals surface area contributed by atoms with Crippen LogP contribution in [0.2, 0.25) is 0 Å². The number of thiophene rings is 1. The molecule has 6 nitrogen and oxygen atoms in total. The molecular formula is C20H27N5OS. The van der Waals surface area contributed by atoms with Gasteiger partial charge in [0.15, 0.2) is 0 Å². The lowest BCUT2D eigenvalue weighted by Crippen LogP contribution is -2.45. The van der Waals surface area contributed by atoms with Crippen LogP contribution in [0.3, 0.4) is 0 Å². The van der Waals surface area contributed by atoms with Crippen molar-refractivity contribution in [2.75, 3.05) is 24.6 Å². The van der Waals surface area contributed by atoms with Gasteiger partial charge >= 0.3 is 0 Å². The lowest BCUT2D eigenvalue weighted by molar-refractivity contribution is 0.0272. The van der Waals surface area contributed by atoms with Crippen molar-refractivity contribution in [1.82, 2.24) is 19.7 Å². The van der Waals surface area contributed by atoms with Crippen LogP contribution in [0.1, 0.15) is 30.8 Å². The molecule has 144 valence electrons. The van der Waals surface area contributed by atoms with Crippen LogP contribution >= 0.6 is 11.3 Å². The van der Waals surface area contributed by atoms with Crippen molar-refractivity contribution in [3.63, 3.8) is 0 Å². The van der Waals surface area contributed by atoms with Crippen LogP contribution in [-0.4, -0.2) is 45.5 Å². The molecule has 1 aliphatic heterocycles. The molecule has 0 bridgehead atoms. The van der Waals surface area contributed by atoms with Gasteiger partial charge in [-0.15, -0.1) is 11.3 Å². The monoisotopic (exact) mass is 385 g/mol. The van der Waals surface area contributed by atoms with E-state index in [0.717, 1.165) is 42.5 Å². The van der Waals surface area contributed by atoms with Crippen LogP contribution in [0.4, 0.5) is 5.82 Å². The van der Waals surface area contributed by atoms with Crippen molar-refractivity contribution < 1.29 is 4.74 Å². The van der Waals surface area contributed by atoms with Crippen LogP contribution in [0.25, 0.3) is 10.2 Å². The van der Waals surface area contributed by atoms with E-state index in [1.165, 1.54) is 16.5 Å². The third-order valence-corrected chi connectivity index (χ3v) is 5.74. The van der Waals surface area contributed by atoms with E-state index in [1.54, 1.807) is 11.3 Å². The molecular weight excluding hydrogens is 358 g/mol. The van der Waals surface area contributed by atoms with E-state index in [2.05, 4.69) is 47.3 Å². The number of hydrogen-bond acceptors (Lipinski definition) is 6. The predicted octanol–water partition coefficient (Wildman–Crippen LogP) is 3.61. The summed E-state index contributed by atoms with van der Waals surface area (Å²) in [5, 5.41) is 7.89. The fraction of sp³-hybridized carbons (Fsp3) is 0.550. The van der Waals surface area contributed by atoms with Crippen molar-refractivity contribution in [2.45, 2.75) is 46.8 Å². The first-order valence-electron chi connectivity index (χ1n) is 9.60. The summed E-state index contributed by atoms with van der Waals surface area (Å²) >= 11 is 1.73. The molecule has 1 unspecified atom stereocenters. The Kier molecular flexibility index (Phi) is 5.14. The number of fused-ring (bicyclic) bond motifs is 1. The number of aryl methyl sites for hydroxylation is 2. The first-order valence-corrected chi connectivity index (χ1v) is 10.5. The first-order chi connectivity index (χ1) is 13.0. The van der Waals surface area contributed by atoms with Gasteiger partial charge in [-0.3, -0.25) is 4.68 Å². The molecule has 0 spiro atoms. The number of ether oxygens (including phenoxy) is 1. The Morgan fingerprint density at radius 2 is 2.15 bits per heavy atom. The normalized spacial score (nSPS) is 18.0. The van der Waals surface area contributed by atoms with Gasteiger partial charge in [0.25, 0.3) is 0 Å². The van der Waals surface area contributed by atoms with E-state index in [9.17, 15) is 0 Å². The Morgan fingerprint density at radius 3 is 2.89 bits per heavy atom. The summed E-state index contributed by atoms with van der Waals surface area (Å²) in [5.74, 6) is 2.51. The zero-order chi connectivity index (χ0) is 19.0. The minimum atomic E-state index is 0.107. The van der Waals surface area contributed by atoms with Crippen LogP contribution in [0.5, 0.6) is 0 Å². The van der Waals surface area contributed by atoms with Crippen molar-refractivity contribution in [1.29, 1.82) is 0 Å². The molecule has 0 N–H and O–H groups in total. The Bertz CT molecular complexity index is 932. The zero-order valence-corrected chi connectivity index (χ0v) is 17.3. The van der Waals surface area contributed by atoms with Gasteiger partial charge in [0.2, 0.25) is 0 Å². The van der Waals surface area contributed by atoms with E-state index >= 15 is 0 Å².